The molecule has 0 radical (unpaired) electrons. The van der Waals surface area contributed by atoms with Gasteiger partial charge in [0.1, 0.15) is 5.75 Å². The molecule has 0 spiro atoms. The van der Waals surface area contributed by atoms with E-state index in [1.807, 2.05) is 6.07 Å². The van der Waals surface area contributed by atoms with Crippen LogP contribution >= 0.6 is 0 Å². The monoisotopic (exact) mass is 442 g/mol. The minimum absolute atomic E-state index is 0.0989. The zero-order chi connectivity index (χ0) is 22.6. The normalized spacial score (nSPS) is 11.0. The van der Waals surface area contributed by atoms with Gasteiger partial charge in [-0.15, -0.1) is 0 Å². The molecular weight excluding hydrogens is 420 g/mol. The Morgan fingerprint density at radius 1 is 1.03 bits per heavy atom. The lowest BCUT2D eigenvalue weighted by Gasteiger charge is -2.15. The predicted octanol–water partition coefficient (Wildman–Crippen LogP) is 3.16. The molecule has 3 rings (SSSR count). The summed E-state index contributed by atoms with van der Waals surface area (Å²) in [7, 11) is -1.32. The first-order chi connectivity index (χ1) is 14.8. The second-order valence-electron chi connectivity index (χ2n) is 6.63. The van der Waals surface area contributed by atoms with Gasteiger partial charge in [0.25, 0.3) is 15.9 Å². The van der Waals surface area contributed by atoms with Gasteiger partial charge in [-0.2, -0.15) is 0 Å². The average molecular weight is 442 g/mol. The number of sulfonamides is 1. The van der Waals surface area contributed by atoms with Crippen LogP contribution in [0.25, 0.3) is 0 Å². The van der Waals surface area contributed by atoms with Gasteiger partial charge in [0.15, 0.2) is 4.90 Å². The number of carbonyl (C=O) groups excluding carboxylic acids is 1. The Morgan fingerprint density at radius 2 is 1.74 bits per heavy atom. The highest BCUT2D eigenvalue weighted by Gasteiger charge is 2.24. The van der Waals surface area contributed by atoms with E-state index in [2.05, 4.69) is 20.0 Å². The number of para-hydroxylation sites is 1. The van der Waals surface area contributed by atoms with Gasteiger partial charge >= 0.3 is 0 Å². The molecule has 3 aromatic rings. The van der Waals surface area contributed by atoms with Gasteiger partial charge in [0, 0.05) is 6.20 Å². The summed E-state index contributed by atoms with van der Waals surface area (Å²) in [6.07, 6.45) is 4.17. The Morgan fingerprint density at radius 3 is 2.39 bits per heavy atom. The van der Waals surface area contributed by atoms with Gasteiger partial charge in [-0.25, -0.2) is 13.4 Å². The van der Waals surface area contributed by atoms with Gasteiger partial charge in [-0.1, -0.05) is 18.2 Å². The highest BCUT2D eigenvalue weighted by molar-refractivity contribution is 7.92. The number of pyridine rings is 2. The third-order valence-electron chi connectivity index (χ3n) is 4.53. The molecule has 0 fully saturated rings. The van der Waals surface area contributed by atoms with E-state index in [1.165, 1.54) is 44.9 Å². The van der Waals surface area contributed by atoms with Crippen LogP contribution in [0.5, 0.6) is 11.6 Å². The Labute approximate surface area is 180 Å². The van der Waals surface area contributed by atoms with Crippen LogP contribution in [0, 0.1) is 13.8 Å². The second-order valence-corrected chi connectivity index (χ2v) is 8.28. The lowest BCUT2D eigenvalue weighted by Crippen LogP contribution is -2.18. The Hall–Kier alpha value is -3.66. The quantitative estimate of drug-likeness (QED) is 0.577. The van der Waals surface area contributed by atoms with E-state index < -0.39 is 15.9 Å². The van der Waals surface area contributed by atoms with Gasteiger partial charge in [0.05, 0.1) is 43.6 Å². The van der Waals surface area contributed by atoms with E-state index in [0.717, 1.165) is 11.1 Å². The van der Waals surface area contributed by atoms with Gasteiger partial charge in [-0.3, -0.25) is 14.5 Å². The number of nitrogens with one attached hydrogen (secondary N) is 2. The molecule has 0 saturated carbocycles. The number of amides is 1. The summed E-state index contributed by atoms with van der Waals surface area (Å²) in [6.45, 7) is 3.61. The van der Waals surface area contributed by atoms with Crippen LogP contribution in [0.15, 0.2) is 53.8 Å². The maximum absolute atomic E-state index is 13.1. The molecule has 0 saturated heterocycles. The zero-order valence-corrected chi connectivity index (χ0v) is 18.3. The number of aryl methyl sites for hydroxylation is 2. The highest BCUT2D eigenvalue weighted by atomic mass is 32.2. The van der Waals surface area contributed by atoms with Crippen LogP contribution in [0.2, 0.25) is 0 Å². The molecule has 0 aliphatic carbocycles. The summed E-state index contributed by atoms with van der Waals surface area (Å²) in [6, 6.07) is 8.23. The fourth-order valence-corrected chi connectivity index (χ4v) is 4.29. The van der Waals surface area contributed by atoms with E-state index in [4.69, 9.17) is 9.47 Å². The maximum atomic E-state index is 13.1. The van der Waals surface area contributed by atoms with E-state index >= 15 is 0 Å². The minimum Gasteiger partial charge on any atom is -0.494 e. The molecule has 0 aliphatic rings. The number of methoxy groups -OCH3 is 2. The number of nitrogens with zero attached hydrogens (tertiary/aromatic N) is 2. The molecule has 31 heavy (non-hydrogen) atoms. The number of carbonyl (C=O) groups is 1. The van der Waals surface area contributed by atoms with Crippen molar-refractivity contribution in [3.8, 4) is 11.6 Å². The molecule has 2 aromatic heterocycles. The van der Waals surface area contributed by atoms with E-state index in [9.17, 15) is 13.2 Å². The summed E-state index contributed by atoms with van der Waals surface area (Å²) in [5.41, 5.74) is 2.42. The highest BCUT2D eigenvalue weighted by Crippen LogP contribution is 2.29. The van der Waals surface area contributed by atoms with Crippen LogP contribution in [0.3, 0.4) is 0 Å². The third kappa shape index (κ3) is 4.75. The van der Waals surface area contributed by atoms with Gasteiger partial charge in [-0.05, 0) is 37.1 Å². The van der Waals surface area contributed by atoms with E-state index in [-0.39, 0.29) is 27.8 Å². The SMILES string of the molecule is COc1cnccc1C(=O)Nc1cnc(OC)c(S(=O)(=O)Nc2c(C)cccc2C)c1. The van der Waals surface area contributed by atoms with Crippen molar-refractivity contribution >= 4 is 27.3 Å². The number of aromatic nitrogens is 2. The zero-order valence-electron chi connectivity index (χ0n) is 17.5. The molecule has 9 nitrogen and oxygen atoms in total. The summed E-state index contributed by atoms with van der Waals surface area (Å²) < 4.78 is 39.1. The molecule has 1 amide bonds. The topological polar surface area (TPSA) is 120 Å². The number of anilines is 2. The van der Waals surface area contributed by atoms with Crippen molar-refractivity contribution in [2.24, 2.45) is 0 Å². The minimum atomic E-state index is -4.06. The number of ether oxygens (including phenoxy) is 2. The fraction of sp³-hybridized carbons (Fsp3) is 0.190. The van der Waals surface area contributed by atoms with Crippen LogP contribution < -0.4 is 19.5 Å². The van der Waals surface area contributed by atoms with E-state index in [1.54, 1.807) is 26.0 Å². The maximum Gasteiger partial charge on any atom is 0.267 e. The standard InChI is InChI=1S/C21H22N4O5S/c1-13-6-5-7-14(2)19(13)25-31(27,28)18-10-15(11-23-21(18)30-4)24-20(26)16-8-9-22-12-17(16)29-3/h5-12,25H,1-4H3,(H,24,26). The van der Waals surface area contributed by atoms with Crippen LogP contribution in [0.1, 0.15) is 21.5 Å². The molecule has 0 aliphatic heterocycles. The van der Waals surface area contributed by atoms with Gasteiger partial charge < -0.3 is 14.8 Å². The van der Waals surface area contributed by atoms with Crippen LogP contribution in [0.4, 0.5) is 11.4 Å². The molecule has 0 atom stereocenters. The average Bonchev–Trinajstić information content (AvgIpc) is 2.76. The third-order valence-corrected chi connectivity index (χ3v) is 5.87. The lowest BCUT2D eigenvalue weighted by molar-refractivity contribution is 0.102. The van der Waals surface area contributed by atoms with Crippen molar-refractivity contribution in [2.75, 3.05) is 24.3 Å². The number of hydrogen-bond acceptors (Lipinski definition) is 7. The summed E-state index contributed by atoms with van der Waals surface area (Å²) in [5, 5.41) is 2.63. The Balaban J connectivity index is 1.96. The number of benzene rings is 1. The second kappa shape index (κ2) is 9.00. The van der Waals surface area contributed by atoms with Crippen molar-refractivity contribution in [2.45, 2.75) is 18.7 Å². The predicted molar refractivity (Wildman–Crippen MR) is 116 cm³/mol. The molecular formula is C21H22N4O5S. The van der Waals surface area contributed by atoms with Crippen molar-refractivity contribution < 1.29 is 22.7 Å². The lowest BCUT2D eigenvalue weighted by atomic mass is 10.1. The summed E-state index contributed by atoms with van der Waals surface area (Å²) >= 11 is 0. The fourth-order valence-electron chi connectivity index (χ4n) is 2.94. The number of hydrogen-bond donors (Lipinski definition) is 2. The van der Waals surface area contributed by atoms with Crippen LogP contribution in [-0.2, 0) is 10.0 Å². The van der Waals surface area contributed by atoms with Crippen LogP contribution in [-0.4, -0.2) is 38.5 Å². The molecule has 162 valence electrons. The molecule has 10 heteroatoms. The van der Waals surface area contributed by atoms with Crippen molar-refractivity contribution in [3.05, 3.63) is 65.6 Å². The number of rotatable bonds is 7. The van der Waals surface area contributed by atoms with Crippen molar-refractivity contribution in [3.63, 3.8) is 0 Å². The molecule has 2 heterocycles. The Kier molecular flexibility index (Phi) is 6.40. The van der Waals surface area contributed by atoms with E-state index in [0.29, 0.717) is 5.69 Å². The Bertz CT molecular complexity index is 1210. The first kappa shape index (κ1) is 22.0. The molecule has 0 bridgehead atoms. The van der Waals surface area contributed by atoms with Crippen molar-refractivity contribution in [1.82, 2.24) is 9.97 Å². The summed E-state index contributed by atoms with van der Waals surface area (Å²) in [4.78, 5) is 20.4. The molecule has 1 aromatic carbocycles. The largest absolute Gasteiger partial charge is 0.494 e. The molecule has 0 unspecified atom stereocenters. The first-order valence-corrected chi connectivity index (χ1v) is 10.7. The molecule has 2 N–H and O–H groups in total. The van der Waals surface area contributed by atoms with Crippen molar-refractivity contribution in [1.29, 1.82) is 0 Å². The first-order valence-electron chi connectivity index (χ1n) is 9.19. The smallest absolute Gasteiger partial charge is 0.267 e. The van der Waals surface area contributed by atoms with Gasteiger partial charge in [0.2, 0.25) is 5.88 Å². The summed E-state index contributed by atoms with van der Waals surface area (Å²) in [5.74, 6) is -0.318.